The molecule has 2 aromatic rings. The molecule has 4 rings (SSSR count). The van der Waals surface area contributed by atoms with Gasteiger partial charge in [0.15, 0.2) is 0 Å². The third-order valence-corrected chi connectivity index (χ3v) is 6.11. The average molecular weight is 457 g/mol. The minimum absolute atomic E-state index is 0.0615. The monoisotopic (exact) mass is 456 g/mol. The van der Waals surface area contributed by atoms with E-state index >= 15 is 0 Å². The van der Waals surface area contributed by atoms with Crippen molar-refractivity contribution in [1.29, 1.82) is 0 Å². The number of nitrogens with zero attached hydrogens (tertiary/aromatic N) is 5. The van der Waals surface area contributed by atoms with Gasteiger partial charge in [-0.05, 0) is 43.7 Å². The maximum atomic E-state index is 11.3. The normalized spacial score (nSPS) is 25.7. The number of carbonyl (C=O) groups excluding carboxylic acids is 1. The lowest BCUT2D eigenvalue weighted by molar-refractivity contribution is 0.0916. The first-order chi connectivity index (χ1) is 15.8. The van der Waals surface area contributed by atoms with Crippen LogP contribution in [0.2, 0.25) is 0 Å². The number of hydrogen-bond donors (Lipinski definition) is 6. The van der Waals surface area contributed by atoms with Crippen LogP contribution in [0.1, 0.15) is 23.2 Å². The highest BCUT2D eigenvalue weighted by molar-refractivity contribution is 5.93. The summed E-state index contributed by atoms with van der Waals surface area (Å²) < 4.78 is 0. The molecule has 1 aromatic carbocycles. The molecule has 12 heteroatoms. The lowest BCUT2D eigenvalue weighted by Gasteiger charge is -2.37. The number of primary amides is 1. The summed E-state index contributed by atoms with van der Waals surface area (Å²) in [6, 6.07) is 6.59. The average Bonchev–Trinajstić information content (AvgIpc) is 2.79. The number of aliphatic hydroxyl groups excluding tert-OH is 1. The van der Waals surface area contributed by atoms with Gasteiger partial charge < -0.3 is 43.2 Å². The Labute approximate surface area is 192 Å². The lowest BCUT2D eigenvalue weighted by Crippen LogP contribution is -2.53. The molecule has 33 heavy (non-hydrogen) atoms. The summed E-state index contributed by atoms with van der Waals surface area (Å²) in [6.45, 7) is 2.71. The van der Waals surface area contributed by atoms with Crippen LogP contribution in [0.25, 0.3) is 0 Å². The van der Waals surface area contributed by atoms with Gasteiger partial charge in [-0.3, -0.25) is 4.79 Å². The number of nitrogens with one attached hydrogen (secondary N) is 1. The van der Waals surface area contributed by atoms with E-state index in [4.69, 9.17) is 27.9 Å². The molecule has 4 atom stereocenters. The van der Waals surface area contributed by atoms with Crippen molar-refractivity contribution in [3.05, 3.63) is 29.8 Å². The van der Waals surface area contributed by atoms with Gasteiger partial charge >= 0.3 is 0 Å². The predicted octanol–water partition coefficient (Wildman–Crippen LogP) is -1.28. The van der Waals surface area contributed by atoms with Crippen LogP contribution in [0.15, 0.2) is 24.3 Å². The highest BCUT2D eigenvalue weighted by atomic mass is 16.3. The molecule has 0 bridgehead atoms. The number of hydrogen-bond acceptors (Lipinski definition) is 11. The minimum atomic E-state index is -0.495. The number of benzene rings is 1. The van der Waals surface area contributed by atoms with Gasteiger partial charge in [0.25, 0.3) is 0 Å². The molecule has 2 saturated heterocycles. The van der Waals surface area contributed by atoms with Crippen LogP contribution in [0.3, 0.4) is 0 Å². The number of anilines is 4. The summed E-state index contributed by atoms with van der Waals surface area (Å²) in [5.41, 5.74) is 24.7. The van der Waals surface area contributed by atoms with Crippen molar-refractivity contribution in [3.63, 3.8) is 0 Å². The molecule has 10 N–H and O–H groups in total. The van der Waals surface area contributed by atoms with E-state index < -0.39 is 12.0 Å². The van der Waals surface area contributed by atoms with Crippen LogP contribution in [0.5, 0.6) is 0 Å². The third-order valence-electron chi connectivity index (χ3n) is 6.11. The van der Waals surface area contributed by atoms with E-state index in [1.54, 1.807) is 24.3 Å². The first kappa shape index (κ1) is 23.1. The van der Waals surface area contributed by atoms with Gasteiger partial charge in [0.05, 0.1) is 6.10 Å². The van der Waals surface area contributed by atoms with Gasteiger partial charge in [0.2, 0.25) is 23.8 Å². The van der Waals surface area contributed by atoms with Crippen molar-refractivity contribution < 1.29 is 9.90 Å². The zero-order valence-corrected chi connectivity index (χ0v) is 18.5. The maximum Gasteiger partial charge on any atom is 0.248 e. The molecule has 0 unspecified atom stereocenters. The van der Waals surface area contributed by atoms with Gasteiger partial charge in [0.1, 0.15) is 0 Å². The van der Waals surface area contributed by atoms with Crippen molar-refractivity contribution in [2.75, 3.05) is 47.8 Å². The zero-order valence-electron chi connectivity index (χ0n) is 18.5. The SMILES string of the molecule is NC[C@@H]1CN(c2nc(Nc3ccc(C(N)=O)cc3)nc(N3C[C@H](N)C[C@H](N)C3)n2)CC[C@@H]1O. The highest BCUT2D eigenvalue weighted by Crippen LogP contribution is 2.25. The number of aliphatic hydroxyl groups is 1. The summed E-state index contributed by atoms with van der Waals surface area (Å²) in [5.74, 6) is 0.774. The Morgan fingerprint density at radius 1 is 1.03 bits per heavy atom. The van der Waals surface area contributed by atoms with Crippen molar-refractivity contribution in [3.8, 4) is 0 Å². The quantitative estimate of drug-likeness (QED) is 0.303. The molecule has 12 nitrogen and oxygen atoms in total. The highest BCUT2D eigenvalue weighted by Gasteiger charge is 2.30. The van der Waals surface area contributed by atoms with E-state index in [-0.39, 0.29) is 18.0 Å². The summed E-state index contributed by atoms with van der Waals surface area (Å²) in [4.78, 5) is 29.3. The largest absolute Gasteiger partial charge is 0.393 e. The van der Waals surface area contributed by atoms with Gasteiger partial charge in [-0.2, -0.15) is 15.0 Å². The molecule has 3 heterocycles. The van der Waals surface area contributed by atoms with E-state index in [0.717, 1.165) is 6.42 Å². The van der Waals surface area contributed by atoms with Crippen LogP contribution in [-0.4, -0.2) is 76.9 Å². The second-order valence-corrected chi connectivity index (χ2v) is 8.78. The Kier molecular flexibility index (Phi) is 6.88. The van der Waals surface area contributed by atoms with Crippen LogP contribution < -0.4 is 38.1 Å². The second-order valence-electron chi connectivity index (χ2n) is 8.78. The Bertz CT molecular complexity index is 962. The molecular formula is C21H32N10O2. The zero-order chi connectivity index (χ0) is 23.5. The number of aromatic nitrogens is 3. The van der Waals surface area contributed by atoms with Gasteiger partial charge in [-0.1, -0.05) is 0 Å². The van der Waals surface area contributed by atoms with E-state index in [9.17, 15) is 9.90 Å². The number of piperidine rings is 2. The van der Waals surface area contributed by atoms with Crippen LogP contribution in [0.4, 0.5) is 23.5 Å². The van der Waals surface area contributed by atoms with E-state index in [2.05, 4.69) is 15.3 Å². The lowest BCUT2D eigenvalue weighted by atomic mass is 9.95. The molecule has 178 valence electrons. The van der Waals surface area contributed by atoms with Crippen LogP contribution in [-0.2, 0) is 0 Å². The Morgan fingerprint density at radius 3 is 2.27 bits per heavy atom. The third kappa shape index (κ3) is 5.47. The molecule has 0 aliphatic carbocycles. The molecular weight excluding hydrogens is 424 g/mol. The Hall–Kier alpha value is -3.06. The topological polar surface area (TPSA) is 199 Å². The first-order valence-corrected chi connectivity index (χ1v) is 11.1. The predicted molar refractivity (Wildman–Crippen MR) is 126 cm³/mol. The molecule has 0 spiro atoms. The Morgan fingerprint density at radius 2 is 1.67 bits per heavy atom. The molecule has 2 aliphatic heterocycles. The molecule has 0 saturated carbocycles. The van der Waals surface area contributed by atoms with Gasteiger partial charge in [0, 0.05) is 55.4 Å². The number of carbonyl (C=O) groups is 1. The smallest absolute Gasteiger partial charge is 0.248 e. The molecule has 1 amide bonds. The summed E-state index contributed by atoms with van der Waals surface area (Å²) in [7, 11) is 0. The summed E-state index contributed by atoms with van der Waals surface area (Å²) in [5, 5.41) is 13.4. The number of nitrogens with two attached hydrogens (primary N) is 4. The molecule has 2 aliphatic rings. The fraction of sp³-hybridized carbons (Fsp3) is 0.524. The van der Waals surface area contributed by atoms with E-state index in [0.29, 0.717) is 68.2 Å². The molecule has 2 fully saturated rings. The van der Waals surface area contributed by atoms with Crippen LogP contribution >= 0.6 is 0 Å². The maximum absolute atomic E-state index is 11.3. The minimum Gasteiger partial charge on any atom is -0.393 e. The number of rotatable bonds is 6. The number of amides is 1. The van der Waals surface area contributed by atoms with Gasteiger partial charge in [-0.25, -0.2) is 0 Å². The Balaban J connectivity index is 1.64. The van der Waals surface area contributed by atoms with Crippen molar-refractivity contribution in [2.45, 2.75) is 31.0 Å². The molecule has 1 aromatic heterocycles. The molecule has 0 radical (unpaired) electrons. The second kappa shape index (κ2) is 9.83. The first-order valence-electron chi connectivity index (χ1n) is 11.1. The van der Waals surface area contributed by atoms with Gasteiger partial charge in [-0.15, -0.1) is 0 Å². The fourth-order valence-corrected chi connectivity index (χ4v) is 4.31. The fourth-order valence-electron chi connectivity index (χ4n) is 4.31. The van der Waals surface area contributed by atoms with Crippen molar-refractivity contribution in [2.24, 2.45) is 28.9 Å². The standard InChI is InChI=1S/C21H32N10O2/c22-8-13-9-30(6-5-17(13)32)20-27-19(26-16-3-1-12(2-4-16)18(25)33)28-21(29-20)31-10-14(23)7-15(24)11-31/h1-4,13-15,17,32H,5-11,22-24H2,(H2,25,33)(H,26,27,28,29)/t13-,14-,15+,17+/m1/s1. The van der Waals surface area contributed by atoms with E-state index in [1.165, 1.54) is 0 Å². The summed E-state index contributed by atoms with van der Waals surface area (Å²) >= 11 is 0. The van der Waals surface area contributed by atoms with Crippen molar-refractivity contribution in [1.82, 2.24) is 15.0 Å². The van der Waals surface area contributed by atoms with Crippen molar-refractivity contribution >= 4 is 29.4 Å². The van der Waals surface area contributed by atoms with Crippen LogP contribution in [0, 0.1) is 5.92 Å². The van der Waals surface area contributed by atoms with E-state index in [1.807, 2.05) is 9.80 Å². The summed E-state index contributed by atoms with van der Waals surface area (Å²) in [6.07, 6.45) is 0.889.